The van der Waals surface area contributed by atoms with Crippen LogP contribution in [0.15, 0.2) is 6.07 Å². The Labute approximate surface area is 89.4 Å². The van der Waals surface area contributed by atoms with Crippen LogP contribution in [-0.2, 0) is 0 Å². The molecule has 0 unspecified atom stereocenters. The summed E-state index contributed by atoms with van der Waals surface area (Å²) in [7, 11) is 0. The van der Waals surface area contributed by atoms with E-state index in [-0.39, 0.29) is 17.4 Å². The van der Waals surface area contributed by atoms with Crippen LogP contribution >= 0.6 is 0 Å². The zero-order valence-electron chi connectivity index (χ0n) is 8.63. The van der Waals surface area contributed by atoms with Crippen molar-refractivity contribution in [3.63, 3.8) is 0 Å². The summed E-state index contributed by atoms with van der Waals surface area (Å²) in [6.07, 6.45) is -4.42. The van der Waals surface area contributed by atoms with Crippen molar-refractivity contribution >= 4 is 5.78 Å². The molecule has 1 rings (SSSR count). The molecule has 0 amide bonds. The van der Waals surface area contributed by atoms with Gasteiger partial charge in [0.25, 0.3) is 0 Å². The van der Waals surface area contributed by atoms with E-state index in [2.05, 4.69) is 14.9 Å². The molecule has 1 aromatic rings. The van der Waals surface area contributed by atoms with Crippen LogP contribution in [0.25, 0.3) is 0 Å². The molecule has 0 saturated carbocycles. The van der Waals surface area contributed by atoms with Crippen molar-refractivity contribution in [2.75, 3.05) is 6.61 Å². The number of alkyl halides is 3. The molecule has 0 bridgehead atoms. The maximum atomic E-state index is 11.9. The van der Waals surface area contributed by atoms with Gasteiger partial charge in [-0.15, -0.1) is 10.2 Å². The number of hydrogen-bond donors (Lipinski definition) is 0. The topological polar surface area (TPSA) is 52.1 Å². The summed E-state index contributed by atoms with van der Waals surface area (Å²) in [6, 6.07) is 1.33. The second-order valence-electron chi connectivity index (χ2n) is 3.18. The van der Waals surface area contributed by atoms with Gasteiger partial charge in [0.1, 0.15) is 5.69 Å². The third-order valence-corrected chi connectivity index (χ3v) is 1.67. The Morgan fingerprint density at radius 3 is 2.50 bits per heavy atom. The maximum Gasteiger partial charge on any atom is 0.422 e. The van der Waals surface area contributed by atoms with Crippen LogP contribution in [0, 0.1) is 6.92 Å². The molecule has 0 aromatic carbocycles. The number of ether oxygens (including phenoxy) is 1. The van der Waals surface area contributed by atoms with Gasteiger partial charge in [0.05, 0.1) is 0 Å². The van der Waals surface area contributed by atoms with Crippen LogP contribution in [-0.4, -0.2) is 28.8 Å². The van der Waals surface area contributed by atoms with Gasteiger partial charge in [-0.05, 0) is 13.0 Å². The maximum absolute atomic E-state index is 11.9. The molecule has 1 aromatic heterocycles. The first-order valence-electron chi connectivity index (χ1n) is 4.34. The molecule has 0 fully saturated rings. The molecule has 7 heteroatoms. The lowest BCUT2D eigenvalue weighted by Crippen LogP contribution is -2.20. The van der Waals surface area contributed by atoms with Crippen molar-refractivity contribution in [3.05, 3.63) is 17.3 Å². The van der Waals surface area contributed by atoms with Crippen molar-refractivity contribution in [1.29, 1.82) is 0 Å². The molecule has 0 atom stereocenters. The smallest absolute Gasteiger partial charge is 0.422 e. The van der Waals surface area contributed by atoms with E-state index in [0.29, 0.717) is 5.56 Å². The summed E-state index contributed by atoms with van der Waals surface area (Å²) in [4.78, 5) is 10.9. The molecule has 0 N–H and O–H groups in total. The first-order valence-corrected chi connectivity index (χ1v) is 4.34. The minimum Gasteiger partial charge on any atom is -0.467 e. The van der Waals surface area contributed by atoms with Gasteiger partial charge in [-0.25, -0.2) is 0 Å². The first-order chi connectivity index (χ1) is 7.29. The number of hydrogen-bond acceptors (Lipinski definition) is 4. The summed E-state index contributed by atoms with van der Waals surface area (Å²) in [5, 5.41) is 6.86. The second kappa shape index (κ2) is 4.46. The number of aromatic nitrogens is 2. The molecule has 0 spiro atoms. The fraction of sp³-hybridized carbons (Fsp3) is 0.444. The highest BCUT2D eigenvalue weighted by Crippen LogP contribution is 2.19. The third-order valence-electron chi connectivity index (χ3n) is 1.67. The fourth-order valence-electron chi connectivity index (χ4n) is 0.939. The third kappa shape index (κ3) is 3.48. The number of aryl methyl sites for hydroxylation is 1. The fourth-order valence-corrected chi connectivity index (χ4v) is 0.939. The van der Waals surface area contributed by atoms with E-state index in [1.54, 1.807) is 0 Å². The Morgan fingerprint density at radius 2 is 2.06 bits per heavy atom. The van der Waals surface area contributed by atoms with Crippen molar-refractivity contribution in [2.24, 2.45) is 0 Å². The number of halogens is 3. The molecule has 0 radical (unpaired) electrons. The van der Waals surface area contributed by atoms with Crippen LogP contribution in [0.1, 0.15) is 23.0 Å². The van der Waals surface area contributed by atoms with Crippen molar-refractivity contribution in [1.82, 2.24) is 10.2 Å². The summed E-state index contributed by atoms with van der Waals surface area (Å²) in [5.74, 6) is -0.528. The predicted molar refractivity (Wildman–Crippen MR) is 48.3 cm³/mol. The number of rotatable bonds is 3. The first kappa shape index (κ1) is 12.4. The minimum atomic E-state index is -4.42. The van der Waals surface area contributed by atoms with Gasteiger partial charge in [0.2, 0.25) is 5.88 Å². The highest BCUT2D eigenvalue weighted by atomic mass is 19.4. The Bertz CT molecular complexity index is 404. The van der Waals surface area contributed by atoms with Crippen molar-refractivity contribution < 1.29 is 22.7 Å². The number of carbonyl (C=O) groups is 1. The van der Waals surface area contributed by atoms with E-state index in [1.165, 1.54) is 19.9 Å². The summed E-state index contributed by atoms with van der Waals surface area (Å²) < 4.78 is 40.0. The van der Waals surface area contributed by atoms with Gasteiger partial charge < -0.3 is 4.74 Å². The van der Waals surface area contributed by atoms with Crippen LogP contribution in [0.3, 0.4) is 0 Å². The van der Waals surface area contributed by atoms with Crippen LogP contribution in [0.2, 0.25) is 0 Å². The lowest BCUT2D eigenvalue weighted by Gasteiger charge is -2.09. The van der Waals surface area contributed by atoms with E-state index >= 15 is 0 Å². The Hall–Kier alpha value is -1.66. The normalized spacial score (nSPS) is 11.3. The van der Waals surface area contributed by atoms with Crippen LogP contribution < -0.4 is 4.74 Å². The quantitative estimate of drug-likeness (QED) is 0.750. The molecular weight excluding hydrogens is 225 g/mol. The van der Waals surface area contributed by atoms with Crippen LogP contribution in [0.5, 0.6) is 5.88 Å². The average molecular weight is 234 g/mol. The largest absolute Gasteiger partial charge is 0.467 e. The molecule has 88 valence electrons. The molecule has 4 nitrogen and oxygen atoms in total. The zero-order valence-corrected chi connectivity index (χ0v) is 8.63. The lowest BCUT2D eigenvalue weighted by atomic mass is 10.2. The molecule has 1 heterocycles. The molecule has 0 aliphatic carbocycles. The summed E-state index contributed by atoms with van der Waals surface area (Å²) in [5.41, 5.74) is 0.432. The van der Waals surface area contributed by atoms with Crippen molar-refractivity contribution in [2.45, 2.75) is 20.0 Å². The van der Waals surface area contributed by atoms with Crippen molar-refractivity contribution in [3.8, 4) is 5.88 Å². The molecule has 0 aliphatic rings. The van der Waals surface area contributed by atoms with Crippen LogP contribution in [0.4, 0.5) is 13.2 Å². The van der Waals surface area contributed by atoms with E-state index in [4.69, 9.17) is 0 Å². The molecule has 16 heavy (non-hydrogen) atoms. The van der Waals surface area contributed by atoms with Gasteiger partial charge in [0, 0.05) is 12.5 Å². The Balaban J connectivity index is 2.80. The van der Waals surface area contributed by atoms with Gasteiger partial charge >= 0.3 is 6.18 Å². The predicted octanol–water partition coefficient (Wildman–Crippen LogP) is 1.93. The monoisotopic (exact) mass is 234 g/mol. The average Bonchev–Trinajstić information content (AvgIpc) is 2.14. The number of nitrogens with zero attached hydrogens (tertiary/aromatic N) is 2. The molecular formula is C9H9F3N2O2. The minimum absolute atomic E-state index is 0.0943. The van der Waals surface area contributed by atoms with Gasteiger partial charge in [-0.3, -0.25) is 4.79 Å². The number of ketones is 1. The highest BCUT2D eigenvalue weighted by molar-refractivity contribution is 5.92. The van der Waals surface area contributed by atoms with Gasteiger partial charge in [-0.1, -0.05) is 0 Å². The lowest BCUT2D eigenvalue weighted by molar-refractivity contribution is -0.154. The zero-order chi connectivity index (χ0) is 12.3. The molecule has 0 aliphatic heterocycles. The number of carbonyl (C=O) groups excluding carboxylic acids is 1. The Morgan fingerprint density at radius 1 is 1.44 bits per heavy atom. The highest BCUT2D eigenvalue weighted by Gasteiger charge is 2.29. The Kier molecular flexibility index (Phi) is 3.46. The van der Waals surface area contributed by atoms with Gasteiger partial charge in [-0.2, -0.15) is 13.2 Å². The van der Waals surface area contributed by atoms with E-state index in [1.807, 2.05) is 0 Å². The van der Waals surface area contributed by atoms with E-state index in [9.17, 15) is 18.0 Å². The standard InChI is InChI=1S/C9H9F3N2O2/c1-5-3-7(6(2)15)13-14-8(5)16-4-9(10,11)12/h3H,4H2,1-2H3. The van der Waals surface area contributed by atoms with E-state index in [0.717, 1.165) is 0 Å². The second-order valence-corrected chi connectivity index (χ2v) is 3.18. The van der Waals surface area contributed by atoms with Gasteiger partial charge in [0.15, 0.2) is 12.4 Å². The SMILES string of the molecule is CC(=O)c1cc(C)c(OCC(F)(F)F)nn1. The molecule has 0 saturated heterocycles. The summed E-state index contributed by atoms with van der Waals surface area (Å²) in [6.45, 7) is 1.36. The number of Topliss-reactive ketones (excluding diaryl/α,β-unsaturated/α-hetero) is 1. The van der Waals surface area contributed by atoms with E-state index < -0.39 is 12.8 Å². The summed E-state index contributed by atoms with van der Waals surface area (Å²) >= 11 is 0.